The van der Waals surface area contributed by atoms with Crippen LogP contribution in [0.5, 0.6) is 5.75 Å². The molecule has 0 saturated carbocycles. The molecule has 2 aromatic rings. The standard InChI is InChI=1S/C24H31NO4/c1-18(2)25(24(28)20-14-12-19(3)13-15-20)17-21-9-6-7-10-22(21)29-16-8-4-5-11-23(26)27/h6-7,9-10,12-15,18H,4-5,8,11,16-17H2,1-3H3,(H,26,27)/i17D. The number of aryl methyl sites for hydroxylation is 1. The number of carboxylic acid groups (broad SMARTS) is 1. The Bertz CT molecular complexity index is 835. The van der Waals surface area contributed by atoms with E-state index in [1.807, 2.05) is 57.2 Å². The number of amides is 1. The van der Waals surface area contributed by atoms with Crippen LogP contribution in [-0.2, 0) is 11.3 Å². The van der Waals surface area contributed by atoms with Crippen molar-refractivity contribution in [2.45, 2.75) is 59.0 Å². The summed E-state index contributed by atoms with van der Waals surface area (Å²) in [5.41, 5.74) is 2.27. The van der Waals surface area contributed by atoms with Crippen LogP contribution in [0.1, 0.15) is 62.4 Å². The molecule has 0 aliphatic carbocycles. The van der Waals surface area contributed by atoms with Gasteiger partial charge in [-0.3, -0.25) is 9.59 Å². The molecule has 0 fully saturated rings. The Hall–Kier alpha value is -2.82. The number of para-hydroxylation sites is 1. The fourth-order valence-corrected chi connectivity index (χ4v) is 2.89. The molecule has 1 unspecified atom stereocenters. The maximum Gasteiger partial charge on any atom is 0.303 e. The summed E-state index contributed by atoms with van der Waals surface area (Å²) in [5.74, 6) is -0.392. The summed E-state index contributed by atoms with van der Waals surface area (Å²) < 4.78 is 14.7. The molecule has 0 bridgehead atoms. The van der Waals surface area contributed by atoms with Crippen LogP contribution in [-0.4, -0.2) is 34.5 Å². The minimum absolute atomic E-state index is 0.162. The van der Waals surface area contributed by atoms with Crippen molar-refractivity contribution in [2.24, 2.45) is 0 Å². The Morgan fingerprint density at radius 2 is 1.76 bits per heavy atom. The molecule has 5 nitrogen and oxygen atoms in total. The molecule has 1 amide bonds. The van der Waals surface area contributed by atoms with E-state index in [9.17, 15) is 9.59 Å². The molecule has 29 heavy (non-hydrogen) atoms. The lowest BCUT2D eigenvalue weighted by Gasteiger charge is -2.28. The zero-order chi connectivity index (χ0) is 22.1. The predicted octanol–water partition coefficient (Wildman–Crippen LogP) is 5.07. The number of hydrogen-bond donors (Lipinski definition) is 1. The molecule has 2 rings (SSSR count). The smallest absolute Gasteiger partial charge is 0.303 e. The van der Waals surface area contributed by atoms with Crippen LogP contribution in [0.25, 0.3) is 0 Å². The lowest BCUT2D eigenvalue weighted by molar-refractivity contribution is -0.137. The highest BCUT2D eigenvalue weighted by Crippen LogP contribution is 2.23. The first kappa shape index (κ1) is 20.9. The normalized spacial score (nSPS) is 12.3. The first-order chi connectivity index (χ1) is 14.3. The molecule has 0 saturated heterocycles. The second-order valence-electron chi connectivity index (χ2n) is 7.39. The third kappa shape index (κ3) is 7.26. The van der Waals surface area contributed by atoms with Crippen molar-refractivity contribution < 1.29 is 20.8 Å². The average Bonchev–Trinajstić information content (AvgIpc) is 2.71. The largest absolute Gasteiger partial charge is 0.493 e. The second kappa shape index (κ2) is 11.2. The van der Waals surface area contributed by atoms with Crippen molar-refractivity contribution in [3.8, 4) is 5.75 Å². The van der Waals surface area contributed by atoms with E-state index in [4.69, 9.17) is 11.2 Å². The van der Waals surface area contributed by atoms with Gasteiger partial charge in [0.25, 0.3) is 5.91 Å². The van der Waals surface area contributed by atoms with Gasteiger partial charge in [0.05, 0.1) is 7.98 Å². The molecule has 1 N–H and O–H groups in total. The van der Waals surface area contributed by atoms with Crippen molar-refractivity contribution >= 4 is 11.9 Å². The van der Waals surface area contributed by atoms with Gasteiger partial charge in [0.15, 0.2) is 0 Å². The summed E-state index contributed by atoms with van der Waals surface area (Å²) in [6, 6.07) is 14.5. The first-order valence-electron chi connectivity index (χ1n) is 10.6. The van der Waals surface area contributed by atoms with Crippen molar-refractivity contribution in [1.82, 2.24) is 4.90 Å². The fraction of sp³-hybridized carbons (Fsp3) is 0.417. The van der Waals surface area contributed by atoms with Gasteiger partial charge in [-0.15, -0.1) is 0 Å². The Morgan fingerprint density at radius 1 is 1.07 bits per heavy atom. The van der Waals surface area contributed by atoms with Crippen LogP contribution >= 0.6 is 0 Å². The van der Waals surface area contributed by atoms with Gasteiger partial charge in [-0.05, 0) is 58.2 Å². The molecule has 0 aliphatic rings. The maximum atomic E-state index is 13.1. The van der Waals surface area contributed by atoms with Crippen molar-refractivity contribution in [2.75, 3.05) is 6.61 Å². The van der Waals surface area contributed by atoms with Gasteiger partial charge in [0.2, 0.25) is 0 Å². The van der Waals surface area contributed by atoms with Gasteiger partial charge in [-0.2, -0.15) is 0 Å². The van der Waals surface area contributed by atoms with E-state index in [2.05, 4.69) is 0 Å². The monoisotopic (exact) mass is 398 g/mol. The van der Waals surface area contributed by atoms with Gasteiger partial charge in [-0.1, -0.05) is 35.9 Å². The molecule has 2 aromatic carbocycles. The SMILES string of the molecule is [2H]C(c1ccccc1OCCCCCC(=O)O)N(C(=O)c1ccc(C)cc1)C(C)C. The van der Waals surface area contributed by atoms with E-state index in [-0.39, 0.29) is 18.4 Å². The van der Waals surface area contributed by atoms with E-state index in [1.165, 1.54) is 0 Å². The number of unbranched alkanes of at least 4 members (excludes halogenated alkanes) is 2. The van der Waals surface area contributed by atoms with Crippen LogP contribution in [0.3, 0.4) is 0 Å². The predicted molar refractivity (Wildman–Crippen MR) is 114 cm³/mol. The molecule has 0 radical (unpaired) electrons. The highest BCUT2D eigenvalue weighted by molar-refractivity contribution is 5.94. The molecule has 5 heteroatoms. The number of hydrogen-bond acceptors (Lipinski definition) is 3. The van der Waals surface area contributed by atoms with Gasteiger partial charge >= 0.3 is 5.97 Å². The Kier molecular flexibility index (Phi) is 8.11. The molecular weight excluding hydrogens is 366 g/mol. The zero-order valence-corrected chi connectivity index (χ0v) is 17.4. The van der Waals surface area contributed by atoms with Gasteiger partial charge in [-0.25, -0.2) is 0 Å². The molecule has 0 aromatic heterocycles. The number of carbonyl (C=O) groups is 2. The molecule has 0 heterocycles. The highest BCUT2D eigenvalue weighted by Gasteiger charge is 2.20. The minimum atomic E-state index is -0.901. The lowest BCUT2D eigenvalue weighted by atomic mass is 10.1. The summed E-state index contributed by atoms with van der Waals surface area (Å²) in [4.78, 5) is 25.3. The van der Waals surface area contributed by atoms with Crippen molar-refractivity contribution in [3.05, 3.63) is 65.2 Å². The van der Waals surface area contributed by atoms with Crippen LogP contribution in [0.4, 0.5) is 0 Å². The van der Waals surface area contributed by atoms with Crippen LogP contribution in [0, 0.1) is 6.92 Å². The molecule has 1 atom stereocenters. The number of ether oxygens (including phenoxy) is 1. The summed E-state index contributed by atoms with van der Waals surface area (Å²) in [5, 5.41) is 8.70. The zero-order valence-electron chi connectivity index (χ0n) is 18.4. The van der Waals surface area contributed by atoms with E-state index in [0.717, 1.165) is 18.4 Å². The summed E-state index contributed by atoms with van der Waals surface area (Å²) in [6.45, 7) is 5.31. The van der Waals surface area contributed by atoms with Crippen LogP contribution < -0.4 is 4.74 Å². The summed E-state index contributed by atoms with van der Waals surface area (Å²) >= 11 is 0. The van der Waals surface area contributed by atoms with E-state index in [0.29, 0.717) is 29.9 Å². The van der Waals surface area contributed by atoms with Crippen LogP contribution in [0.15, 0.2) is 48.5 Å². The first-order valence-corrected chi connectivity index (χ1v) is 10.1. The number of aliphatic carboxylic acids is 1. The minimum Gasteiger partial charge on any atom is -0.493 e. The highest BCUT2D eigenvalue weighted by atomic mass is 16.5. The van der Waals surface area contributed by atoms with Gasteiger partial charge in [0.1, 0.15) is 5.75 Å². The summed E-state index contributed by atoms with van der Waals surface area (Å²) in [6.07, 6.45) is 2.28. The van der Waals surface area contributed by atoms with Gasteiger partial charge < -0.3 is 14.7 Å². The fourth-order valence-electron chi connectivity index (χ4n) is 2.89. The van der Waals surface area contributed by atoms with Crippen LogP contribution in [0.2, 0.25) is 0 Å². The number of rotatable bonds is 11. The molecular formula is C24H31NO4. The number of benzene rings is 2. The topological polar surface area (TPSA) is 66.8 Å². The van der Waals surface area contributed by atoms with E-state index < -0.39 is 12.5 Å². The lowest BCUT2D eigenvalue weighted by Crippen LogP contribution is -2.36. The average molecular weight is 399 g/mol. The number of carbonyl (C=O) groups excluding carboxylic acids is 1. The third-order valence-corrected chi connectivity index (χ3v) is 4.58. The third-order valence-electron chi connectivity index (χ3n) is 4.58. The number of carboxylic acids is 1. The second-order valence-corrected chi connectivity index (χ2v) is 7.39. The molecule has 156 valence electrons. The van der Waals surface area contributed by atoms with Crippen molar-refractivity contribution in [1.29, 1.82) is 0 Å². The Morgan fingerprint density at radius 3 is 2.41 bits per heavy atom. The number of nitrogens with zero attached hydrogens (tertiary/aromatic N) is 1. The van der Waals surface area contributed by atoms with E-state index >= 15 is 0 Å². The van der Waals surface area contributed by atoms with Gasteiger partial charge in [0, 0.05) is 30.1 Å². The quantitative estimate of drug-likeness (QED) is 0.537. The van der Waals surface area contributed by atoms with Crippen molar-refractivity contribution in [3.63, 3.8) is 0 Å². The summed E-state index contributed by atoms with van der Waals surface area (Å²) in [7, 11) is 0. The molecule has 0 spiro atoms. The van der Waals surface area contributed by atoms with E-state index in [1.54, 1.807) is 17.0 Å². The molecule has 0 aliphatic heterocycles. The maximum absolute atomic E-state index is 13.1. The Balaban J connectivity index is 2.11. The Labute approximate surface area is 174 Å².